The number of nitro benzene ring substituents is 1. The van der Waals surface area contributed by atoms with Gasteiger partial charge in [0, 0.05) is 24.9 Å². The van der Waals surface area contributed by atoms with E-state index in [9.17, 15) is 19.1 Å². The Kier molecular flexibility index (Phi) is 4.08. The summed E-state index contributed by atoms with van der Waals surface area (Å²) in [5.41, 5.74) is -0.00866. The maximum Gasteiger partial charge on any atom is 0.294 e. The summed E-state index contributed by atoms with van der Waals surface area (Å²) in [6, 6.07) is 3.97. The number of amides is 1. The van der Waals surface area contributed by atoms with Crippen LogP contribution in [0.5, 0.6) is 0 Å². The van der Waals surface area contributed by atoms with Crippen LogP contribution >= 0.6 is 0 Å². The number of hydrogen-bond acceptors (Lipinski definition) is 6. The molecule has 2 rings (SSSR count). The molecule has 21 heavy (non-hydrogen) atoms. The number of hydrogen-bond donors (Lipinski definition) is 1. The molecule has 0 radical (unpaired) electrons. The molecule has 1 amide bonds. The average molecular weight is 309 g/mol. The smallest absolute Gasteiger partial charge is 0.294 e. The second-order valence-electron chi connectivity index (χ2n) is 3.98. The summed E-state index contributed by atoms with van der Waals surface area (Å²) in [6.07, 6.45) is 2.63. The van der Waals surface area contributed by atoms with E-state index < -0.39 is 21.6 Å². The Hall–Kier alpha value is -2.62. The van der Waals surface area contributed by atoms with Crippen LogP contribution in [0, 0.1) is 10.1 Å². The Morgan fingerprint density at radius 1 is 1.48 bits per heavy atom. The lowest BCUT2D eigenvalue weighted by Crippen LogP contribution is -2.18. The molecule has 1 N–H and O–H groups in total. The zero-order valence-electron chi connectivity index (χ0n) is 11.1. The molecule has 0 bridgehead atoms. The first kappa shape index (κ1) is 14.8. The van der Waals surface area contributed by atoms with E-state index in [1.807, 2.05) is 0 Å². The molecule has 1 aromatic heterocycles. The first-order chi connectivity index (χ1) is 9.95. The Balaban J connectivity index is 2.64. The molecule has 0 saturated heterocycles. The number of aromatic nitrogens is 3. The monoisotopic (exact) mass is 309 g/mol. The van der Waals surface area contributed by atoms with Crippen LogP contribution in [-0.4, -0.2) is 43.1 Å². The average Bonchev–Trinajstić information content (AvgIpc) is 2.95. The van der Waals surface area contributed by atoms with Crippen molar-refractivity contribution >= 4 is 22.4 Å². The van der Waals surface area contributed by atoms with Gasteiger partial charge < -0.3 is 5.32 Å². The number of rotatable bonds is 4. The van der Waals surface area contributed by atoms with Gasteiger partial charge in [-0.25, -0.2) is 0 Å². The van der Waals surface area contributed by atoms with Crippen LogP contribution in [0.15, 0.2) is 29.7 Å². The molecule has 0 saturated carbocycles. The maximum absolute atomic E-state index is 11.6. The Morgan fingerprint density at radius 2 is 2.19 bits per heavy atom. The minimum atomic E-state index is -1.46. The predicted molar refractivity (Wildman–Crippen MR) is 73.7 cm³/mol. The molecule has 10 heteroatoms. The SMILES string of the molecule is CNC(=O)c1ccc(-n2cnnc2S(C)=O)c([N+](=O)[O-])c1. The second-order valence-corrected chi connectivity index (χ2v) is 5.25. The van der Waals surface area contributed by atoms with Crippen molar-refractivity contribution in [2.75, 3.05) is 13.3 Å². The van der Waals surface area contributed by atoms with Crippen molar-refractivity contribution in [1.29, 1.82) is 0 Å². The summed E-state index contributed by atoms with van der Waals surface area (Å²) in [6.45, 7) is 0. The minimum Gasteiger partial charge on any atom is -0.355 e. The van der Waals surface area contributed by atoms with Crippen LogP contribution in [0.25, 0.3) is 5.69 Å². The fourth-order valence-electron chi connectivity index (χ4n) is 1.74. The van der Waals surface area contributed by atoms with Crippen molar-refractivity contribution in [3.63, 3.8) is 0 Å². The molecule has 0 aliphatic carbocycles. The molecule has 1 unspecified atom stereocenters. The van der Waals surface area contributed by atoms with Crippen molar-refractivity contribution in [1.82, 2.24) is 20.1 Å². The van der Waals surface area contributed by atoms with Crippen molar-refractivity contribution in [2.24, 2.45) is 0 Å². The Labute approximate surface area is 121 Å². The van der Waals surface area contributed by atoms with Gasteiger partial charge in [-0.2, -0.15) is 0 Å². The fourth-order valence-corrected chi connectivity index (χ4v) is 2.33. The number of nitro groups is 1. The van der Waals surface area contributed by atoms with E-state index in [2.05, 4.69) is 15.5 Å². The highest BCUT2D eigenvalue weighted by Gasteiger charge is 2.21. The molecule has 0 spiro atoms. The van der Waals surface area contributed by atoms with Gasteiger partial charge in [0.1, 0.15) is 12.0 Å². The zero-order chi connectivity index (χ0) is 15.6. The van der Waals surface area contributed by atoms with Gasteiger partial charge in [0.05, 0.1) is 15.7 Å². The summed E-state index contributed by atoms with van der Waals surface area (Å²) in [5, 5.41) is 21.0. The van der Waals surface area contributed by atoms with E-state index in [0.29, 0.717) is 0 Å². The highest BCUT2D eigenvalue weighted by atomic mass is 32.2. The highest BCUT2D eigenvalue weighted by Crippen LogP contribution is 2.25. The first-order valence-electron chi connectivity index (χ1n) is 5.70. The Bertz CT molecular complexity index is 742. The van der Waals surface area contributed by atoms with Crippen LogP contribution in [0.4, 0.5) is 5.69 Å². The molecular weight excluding hydrogens is 298 g/mol. The molecule has 0 fully saturated rings. The lowest BCUT2D eigenvalue weighted by atomic mass is 10.1. The van der Waals surface area contributed by atoms with Crippen LogP contribution < -0.4 is 5.32 Å². The van der Waals surface area contributed by atoms with Gasteiger partial charge in [-0.15, -0.1) is 10.2 Å². The van der Waals surface area contributed by atoms with Gasteiger partial charge in [-0.1, -0.05) is 0 Å². The summed E-state index contributed by atoms with van der Waals surface area (Å²) in [4.78, 5) is 22.1. The first-order valence-corrected chi connectivity index (χ1v) is 7.26. The minimum absolute atomic E-state index is 0.0887. The molecule has 1 heterocycles. The standard InChI is InChI=1S/C11H11N5O4S/c1-12-10(17)7-3-4-8(9(5-7)16(18)19)15-6-13-14-11(15)21(2)20/h3-6H,1-2H3,(H,12,17). The van der Waals surface area contributed by atoms with Crippen molar-refractivity contribution in [3.05, 3.63) is 40.2 Å². The number of carbonyl (C=O) groups excluding carboxylic acids is 1. The largest absolute Gasteiger partial charge is 0.355 e. The van der Waals surface area contributed by atoms with Crippen LogP contribution in [0.1, 0.15) is 10.4 Å². The summed E-state index contributed by atoms with van der Waals surface area (Å²) in [7, 11) is -0.0289. The van der Waals surface area contributed by atoms with Gasteiger partial charge in [0.25, 0.3) is 11.6 Å². The van der Waals surface area contributed by atoms with E-state index in [-0.39, 0.29) is 22.1 Å². The lowest BCUT2D eigenvalue weighted by molar-refractivity contribution is -0.384. The molecule has 0 aliphatic heterocycles. The lowest BCUT2D eigenvalue weighted by Gasteiger charge is -2.07. The van der Waals surface area contributed by atoms with Crippen LogP contribution in [0.3, 0.4) is 0 Å². The van der Waals surface area contributed by atoms with E-state index in [4.69, 9.17) is 0 Å². The quantitative estimate of drug-likeness (QED) is 0.639. The van der Waals surface area contributed by atoms with Crippen molar-refractivity contribution in [2.45, 2.75) is 5.16 Å². The molecule has 110 valence electrons. The third-order valence-corrected chi connectivity index (χ3v) is 3.49. The summed E-state index contributed by atoms with van der Waals surface area (Å²) < 4.78 is 12.8. The third kappa shape index (κ3) is 2.79. The number of nitrogens with zero attached hydrogens (tertiary/aromatic N) is 4. The fraction of sp³-hybridized carbons (Fsp3) is 0.182. The molecule has 1 aromatic carbocycles. The molecule has 2 aromatic rings. The van der Waals surface area contributed by atoms with Crippen molar-refractivity contribution < 1.29 is 13.9 Å². The predicted octanol–water partition coefficient (Wildman–Crippen LogP) is 0.273. The molecular formula is C11H11N5O4S. The van der Waals surface area contributed by atoms with E-state index in [1.165, 1.54) is 36.3 Å². The number of carbonyl (C=O) groups is 1. The summed E-state index contributed by atoms with van der Waals surface area (Å²) in [5.74, 6) is -0.437. The Morgan fingerprint density at radius 3 is 2.76 bits per heavy atom. The van der Waals surface area contributed by atoms with Gasteiger partial charge >= 0.3 is 0 Å². The van der Waals surface area contributed by atoms with E-state index in [1.54, 1.807) is 0 Å². The highest BCUT2D eigenvalue weighted by molar-refractivity contribution is 7.84. The second kappa shape index (κ2) is 5.79. The van der Waals surface area contributed by atoms with E-state index >= 15 is 0 Å². The van der Waals surface area contributed by atoms with Crippen molar-refractivity contribution in [3.8, 4) is 5.69 Å². The normalized spacial score (nSPS) is 11.9. The van der Waals surface area contributed by atoms with Gasteiger partial charge in [-0.3, -0.25) is 23.7 Å². The molecule has 9 nitrogen and oxygen atoms in total. The van der Waals surface area contributed by atoms with Crippen LogP contribution in [0.2, 0.25) is 0 Å². The van der Waals surface area contributed by atoms with Gasteiger partial charge in [-0.05, 0) is 12.1 Å². The van der Waals surface area contributed by atoms with E-state index in [0.717, 1.165) is 6.07 Å². The molecule has 0 aliphatic rings. The van der Waals surface area contributed by atoms with Gasteiger partial charge in [0.2, 0.25) is 5.16 Å². The van der Waals surface area contributed by atoms with Gasteiger partial charge in [0.15, 0.2) is 0 Å². The topological polar surface area (TPSA) is 120 Å². The van der Waals surface area contributed by atoms with Crippen LogP contribution in [-0.2, 0) is 10.8 Å². The summed E-state index contributed by atoms with van der Waals surface area (Å²) >= 11 is 0. The molecule has 1 atom stereocenters. The zero-order valence-corrected chi connectivity index (χ0v) is 12.0. The third-order valence-electron chi connectivity index (χ3n) is 2.69. The number of benzene rings is 1. The number of nitrogens with one attached hydrogen (secondary N) is 1. The maximum atomic E-state index is 11.6.